The van der Waals surface area contributed by atoms with Crippen LogP contribution in [0.4, 0.5) is 0 Å². The van der Waals surface area contributed by atoms with Crippen molar-refractivity contribution < 1.29 is 5.11 Å². The number of aliphatic hydroxyl groups is 1. The lowest BCUT2D eigenvalue weighted by molar-refractivity contribution is 0.241. The Morgan fingerprint density at radius 2 is 2.12 bits per heavy atom. The highest BCUT2D eigenvalue weighted by atomic mass is 16.3. The van der Waals surface area contributed by atoms with E-state index in [1.165, 1.54) is 0 Å². The Kier molecular flexibility index (Phi) is 3.76. The summed E-state index contributed by atoms with van der Waals surface area (Å²) < 4.78 is 2.13. The van der Waals surface area contributed by atoms with E-state index < -0.39 is 0 Å². The summed E-state index contributed by atoms with van der Waals surface area (Å²) >= 11 is 0. The van der Waals surface area contributed by atoms with Crippen LogP contribution in [0.15, 0.2) is 24.3 Å². The summed E-state index contributed by atoms with van der Waals surface area (Å²) in [5.41, 5.74) is 2.21. The van der Waals surface area contributed by atoms with Crippen LogP contribution in [-0.4, -0.2) is 39.8 Å². The molecule has 4 heteroatoms. The van der Waals surface area contributed by atoms with Gasteiger partial charge in [-0.1, -0.05) is 12.1 Å². The quantitative estimate of drug-likeness (QED) is 0.848. The molecule has 0 amide bonds. The Morgan fingerprint density at radius 1 is 1.35 bits per heavy atom. The fourth-order valence-electron chi connectivity index (χ4n) is 2.00. The molecule has 0 aliphatic heterocycles. The number of aromatic nitrogens is 2. The van der Waals surface area contributed by atoms with E-state index in [0.29, 0.717) is 0 Å². The molecule has 0 spiro atoms. The van der Waals surface area contributed by atoms with Crippen molar-refractivity contribution in [3.63, 3.8) is 0 Å². The molecule has 0 aliphatic carbocycles. The van der Waals surface area contributed by atoms with Crippen molar-refractivity contribution in [3.8, 4) is 0 Å². The molecule has 1 heterocycles. The zero-order valence-corrected chi connectivity index (χ0v) is 10.4. The fourth-order valence-corrected chi connectivity index (χ4v) is 2.00. The van der Waals surface area contributed by atoms with Crippen LogP contribution in [0.1, 0.15) is 12.2 Å². The molecule has 0 bridgehead atoms. The lowest BCUT2D eigenvalue weighted by Gasteiger charge is -2.15. The first-order chi connectivity index (χ1) is 8.22. The van der Waals surface area contributed by atoms with Crippen LogP contribution >= 0.6 is 0 Å². The van der Waals surface area contributed by atoms with E-state index in [0.717, 1.165) is 36.4 Å². The number of fused-ring (bicyclic) bond motifs is 1. The highest BCUT2D eigenvalue weighted by molar-refractivity contribution is 5.75. The maximum absolute atomic E-state index is 8.80. The largest absolute Gasteiger partial charge is 0.396 e. The van der Waals surface area contributed by atoms with Crippen LogP contribution in [0.2, 0.25) is 0 Å². The van der Waals surface area contributed by atoms with Crippen molar-refractivity contribution in [3.05, 3.63) is 30.1 Å². The molecule has 0 aliphatic rings. The summed E-state index contributed by atoms with van der Waals surface area (Å²) in [5, 5.41) is 8.80. The smallest absolute Gasteiger partial charge is 0.123 e. The van der Waals surface area contributed by atoms with Gasteiger partial charge in [-0.3, -0.25) is 4.90 Å². The lowest BCUT2D eigenvalue weighted by Crippen LogP contribution is -2.21. The zero-order valence-electron chi connectivity index (χ0n) is 10.4. The molecule has 2 rings (SSSR count). The fraction of sp³-hybridized carbons (Fsp3) is 0.462. The number of hydrogen-bond acceptors (Lipinski definition) is 3. The number of imidazole rings is 1. The molecule has 0 saturated heterocycles. The van der Waals surface area contributed by atoms with Gasteiger partial charge < -0.3 is 9.67 Å². The Bertz CT molecular complexity index is 492. The summed E-state index contributed by atoms with van der Waals surface area (Å²) in [6.45, 7) is 1.94. The molecule has 1 aromatic carbocycles. The molecular formula is C13H19N3O. The molecule has 17 heavy (non-hydrogen) atoms. The van der Waals surface area contributed by atoms with Gasteiger partial charge >= 0.3 is 0 Å². The first-order valence-corrected chi connectivity index (χ1v) is 5.92. The van der Waals surface area contributed by atoms with Gasteiger partial charge in [0, 0.05) is 20.2 Å². The highest BCUT2D eigenvalue weighted by Gasteiger charge is 2.08. The van der Waals surface area contributed by atoms with E-state index in [4.69, 9.17) is 5.11 Å². The van der Waals surface area contributed by atoms with Gasteiger partial charge in [0.15, 0.2) is 0 Å². The van der Waals surface area contributed by atoms with Crippen molar-refractivity contribution >= 4 is 11.0 Å². The molecule has 4 nitrogen and oxygen atoms in total. The standard InChI is InChI=1S/C13H19N3O/c1-15(8-5-9-17)10-13-14-11-6-3-4-7-12(11)16(13)2/h3-4,6-7,17H,5,8-10H2,1-2H3. The summed E-state index contributed by atoms with van der Waals surface area (Å²) in [7, 11) is 4.10. The maximum Gasteiger partial charge on any atom is 0.123 e. The average Bonchev–Trinajstić information content (AvgIpc) is 2.64. The van der Waals surface area contributed by atoms with Crippen molar-refractivity contribution in [2.24, 2.45) is 7.05 Å². The lowest BCUT2D eigenvalue weighted by atomic mass is 10.3. The van der Waals surface area contributed by atoms with Crippen LogP contribution < -0.4 is 0 Å². The van der Waals surface area contributed by atoms with Crippen molar-refractivity contribution in [2.45, 2.75) is 13.0 Å². The van der Waals surface area contributed by atoms with Gasteiger partial charge in [0.25, 0.3) is 0 Å². The van der Waals surface area contributed by atoms with E-state index in [-0.39, 0.29) is 6.61 Å². The summed E-state index contributed by atoms with van der Waals surface area (Å²) in [6.07, 6.45) is 0.806. The zero-order chi connectivity index (χ0) is 12.3. The predicted octanol–water partition coefficient (Wildman–Crippen LogP) is 1.39. The predicted molar refractivity (Wildman–Crippen MR) is 68.8 cm³/mol. The third-order valence-corrected chi connectivity index (χ3v) is 2.99. The molecule has 0 saturated carbocycles. The minimum atomic E-state index is 0.243. The number of aliphatic hydroxyl groups excluding tert-OH is 1. The van der Waals surface area contributed by atoms with Gasteiger partial charge in [-0.25, -0.2) is 4.98 Å². The number of nitrogens with zero attached hydrogens (tertiary/aromatic N) is 3. The molecule has 0 unspecified atom stereocenters. The average molecular weight is 233 g/mol. The molecule has 1 aromatic heterocycles. The molecule has 0 fully saturated rings. The molecule has 2 aromatic rings. The third-order valence-electron chi connectivity index (χ3n) is 2.99. The van der Waals surface area contributed by atoms with Gasteiger partial charge in [-0.05, 0) is 25.6 Å². The third kappa shape index (κ3) is 2.65. The van der Waals surface area contributed by atoms with Crippen LogP contribution in [-0.2, 0) is 13.6 Å². The highest BCUT2D eigenvalue weighted by Crippen LogP contribution is 2.15. The number of rotatable bonds is 5. The second-order valence-electron chi connectivity index (χ2n) is 4.39. The number of benzene rings is 1. The SMILES string of the molecule is CN(CCCO)Cc1nc2ccccc2n1C. The van der Waals surface area contributed by atoms with Crippen LogP contribution in [0, 0.1) is 0 Å². The normalized spacial score (nSPS) is 11.5. The van der Waals surface area contributed by atoms with E-state index in [1.54, 1.807) is 0 Å². The van der Waals surface area contributed by atoms with Gasteiger partial charge in [-0.15, -0.1) is 0 Å². The monoisotopic (exact) mass is 233 g/mol. The van der Waals surface area contributed by atoms with Crippen LogP contribution in [0.3, 0.4) is 0 Å². The first kappa shape index (κ1) is 12.1. The van der Waals surface area contributed by atoms with Gasteiger partial charge in [0.05, 0.1) is 17.6 Å². The van der Waals surface area contributed by atoms with Crippen molar-refractivity contribution in [2.75, 3.05) is 20.2 Å². The van der Waals surface area contributed by atoms with Crippen LogP contribution in [0.25, 0.3) is 11.0 Å². The van der Waals surface area contributed by atoms with Gasteiger partial charge in [-0.2, -0.15) is 0 Å². The minimum Gasteiger partial charge on any atom is -0.396 e. The van der Waals surface area contributed by atoms with E-state index in [2.05, 4.69) is 27.6 Å². The van der Waals surface area contributed by atoms with E-state index in [1.807, 2.05) is 25.2 Å². The van der Waals surface area contributed by atoms with Crippen molar-refractivity contribution in [1.29, 1.82) is 0 Å². The van der Waals surface area contributed by atoms with Crippen molar-refractivity contribution in [1.82, 2.24) is 14.5 Å². The number of aryl methyl sites for hydroxylation is 1. The van der Waals surface area contributed by atoms with Gasteiger partial charge in [0.2, 0.25) is 0 Å². The van der Waals surface area contributed by atoms with Crippen LogP contribution in [0.5, 0.6) is 0 Å². The Morgan fingerprint density at radius 3 is 2.82 bits per heavy atom. The number of hydrogen-bond donors (Lipinski definition) is 1. The Hall–Kier alpha value is -1.39. The topological polar surface area (TPSA) is 41.3 Å². The Labute approximate surface area is 101 Å². The second-order valence-corrected chi connectivity index (χ2v) is 4.39. The summed E-state index contributed by atoms with van der Waals surface area (Å²) in [6, 6.07) is 8.16. The first-order valence-electron chi connectivity index (χ1n) is 5.92. The molecule has 0 atom stereocenters. The van der Waals surface area contributed by atoms with E-state index in [9.17, 15) is 0 Å². The summed E-state index contributed by atoms with van der Waals surface area (Å²) in [4.78, 5) is 6.80. The minimum absolute atomic E-state index is 0.243. The molecule has 92 valence electrons. The maximum atomic E-state index is 8.80. The summed E-state index contributed by atoms with van der Waals surface area (Å²) in [5.74, 6) is 1.06. The molecule has 0 radical (unpaired) electrons. The molecule has 1 N–H and O–H groups in total. The van der Waals surface area contributed by atoms with Gasteiger partial charge in [0.1, 0.15) is 5.82 Å². The number of para-hydroxylation sites is 2. The van der Waals surface area contributed by atoms with E-state index >= 15 is 0 Å². The Balaban J connectivity index is 2.16. The molecular weight excluding hydrogens is 214 g/mol. The second kappa shape index (κ2) is 5.29.